The van der Waals surface area contributed by atoms with E-state index in [1.165, 1.54) is 0 Å². The van der Waals surface area contributed by atoms with E-state index in [4.69, 9.17) is 11.6 Å². The van der Waals surface area contributed by atoms with Crippen molar-refractivity contribution in [3.05, 3.63) is 58.4 Å². The van der Waals surface area contributed by atoms with Crippen LogP contribution in [0, 0.1) is 22.7 Å². The van der Waals surface area contributed by atoms with Crippen LogP contribution in [0.5, 0.6) is 0 Å². The number of benzene rings is 1. The molecule has 0 aliphatic heterocycles. The first-order valence-corrected chi connectivity index (χ1v) is 6.28. The van der Waals surface area contributed by atoms with E-state index in [9.17, 15) is 10.5 Å². The number of pyridine rings is 1. The van der Waals surface area contributed by atoms with Gasteiger partial charge in [0.25, 0.3) is 0 Å². The molecule has 0 unspecified atom stereocenters. The Morgan fingerprint density at radius 1 is 1.15 bits per heavy atom. The van der Waals surface area contributed by atoms with E-state index in [2.05, 4.69) is 17.1 Å². The maximum Gasteiger partial charge on any atom is 0.129 e. The molecule has 1 heterocycles. The Morgan fingerprint density at radius 2 is 1.80 bits per heavy atom. The van der Waals surface area contributed by atoms with Crippen molar-refractivity contribution in [1.29, 1.82) is 10.5 Å². The van der Waals surface area contributed by atoms with E-state index in [-0.39, 0.29) is 0 Å². The molecule has 0 fully saturated rings. The van der Waals surface area contributed by atoms with E-state index in [1.807, 2.05) is 18.0 Å². The minimum atomic E-state index is 0.437. The zero-order chi connectivity index (χ0) is 14.5. The molecular weight excluding hydrogens is 272 g/mol. The van der Waals surface area contributed by atoms with Gasteiger partial charge in [0, 0.05) is 19.8 Å². The number of anilines is 1. The number of hydrogen-bond acceptors (Lipinski definition) is 4. The molecule has 0 saturated heterocycles. The van der Waals surface area contributed by atoms with Gasteiger partial charge in [0.1, 0.15) is 17.3 Å². The number of halogens is 1. The van der Waals surface area contributed by atoms with E-state index in [1.54, 1.807) is 30.5 Å². The fourth-order valence-corrected chi connectivity index (χ4v) is 2.10. The lowest BCUT2D eigenvalue weighted by atomic mass is 10.1. The molecule has 0 amide bonds. The van der Waals surface area contributed by atoms with Crippen LogP contribution in [-0.2, 0) is 6.54 Å². The molecule has 2 aromatic rings. The summed E-state index contributed by atoms with van der Waals surface area (Å²) in [4.78, 5) is 5.88. The summed E-state index contributed by atoms with van der Waals surface area (Å²) in [7, 11) is 1.84. The highest BCUT2D eigenvalue weighted by Gasteiger charge is 2.13. The molecule has 0 radical (unpaired) electrons. The molecule has 0 saturated carbocycles. The van der Waals surface area contributed by atoms with Crippen LogP contribution in [0.25, 0.3) is 0 Å². The van der Waals surface area contributed by atoms with Crippen LogP contribution in [0.1, 0.15) is 16.7 Å². The van der Waals surface area contributed by atoms with Crippen molar-refractivity contribution in [2.24, 2.45) is 0 Å². The van der Waals surface area contributed by atoms with Crippen LogP contribution in [0.15, 0.2) is 36.5 Å². The van der Waals surface area contributed by atoms with E-state index in [0.29, 0.717) is 28.5 Å². The van der Waals surface area contributed by atoms with Gasteiger partial charge in [-0.15, -0.1) is 0 Å². The smallest absolute Gasteiger partial charge is 0.129 e. The Bertz CT molecular complexity index is 663. The summed E-state index contributed by atoms with van der Waals surface area (Å²) in [6, 6.07) is 12.9. The molecular formula is C15H11ClN4. The van der Waals surface area contributed by atoms with Gasteiger partial charge in [-0.3, -0.25) is 0 Å². The molecule has 1 aromatic heterocycles. The maximum absolute atomic E-state index is 9.17. The minimum Gasteiger partial charge on any atom is -0.368 e. The Balaban J connectivity index is 2.34. The van der Waals surface area contributed by atoms with E-state index < -0.39 is 0 Å². The summed E-state index contributed by atoms with van der Waals surface area (Å²) >= 11 is 5.75. The van der Waals surface area contributed by atoms with Crippen LogP contribution in [-0.4, -0.2) is 12.0 Å². The van der Waals surface area contributed by atoms with Gasteiger partial charge in [-0.25, -0.2) is 4.98 Å². The number of hydrogen-bond donors (Lipinski definition) is 0. The molecule has 0 aliphatic carbocycles. The van der Waals surface area contributed by atoms with Crippen molar-refractivity contribution >= 4 is 17.3 Å². The largest absolute Gasteiger partial charge is 0.368 e. The van der Waals surface area contributed by atoms with Crippen LogP contribution in [0.3, 0.4) is 0 Å². The molecule has 1 aromatic carbocycles. The third-order valence-electron chi connectivity index (χ3n) is 2.87. The molecule has 0 spiro atoms. The Morgan fingerprint density at radius 3 is 2.30 bits per heavy atom. The Kier molecular flexibility index (Phi) is 4.20. The number of nitrogens with zero attached hydrogens (tertiary/aromatic N) is 4. The fraction of sp³-hybridized carbons (Fsp3) is 0.133. The van der Waals surface area contributed by atoms with Crippen molar-refractivity contribution in [3.63, 3.8) is 0 Å². The zero-order valence-corrected chi connectivity index (χ0v) is 11.6. The second-order valence-electron chi connectivity index (χ2n) is 4.27. The van der Waals surface area contributed by atoms with E-state index >= 15 is 0 Å². The van der Waals surface area contributed by atoms with Gasteiger partial charge >= 0.3 is 0 Å². The first kappa shape index (κ1) is 13.9. The molecule has 4 nitrogen and oxygen atoms in total. The van der Waals surface area contributed by atoms with Crippen molar-refractivity contribution in [2.75, 3.05) is 11.9 Å². The summed E-state index contributed by atoms with van der Waals surface area (Å²) < 4.78 is 0. The normalized spacial score (nSPS) is 9.60. The molecule has 98 valence electrons. The molecule has 0 N–H and O–H groups in total. The van der Waals surface area contributed by atoms with Gasteiger partial charge in [0.15, 0.2) is 0 Å². The third-order valence-corrected chi connectivity index (χ3v) is 3.09. The molecule has 5 heteroatoms. The monoisotopic (exact) mass is 282 g/mol. The minimum absolute atomic E-state index is 0.437. The van der Waals surface area contributed by atoms with Crippen LogP contribution < -0.4 is 4.90 Å². The predicted molar refractivity (Wildman–Crippen MR) is 77.2 cm³/mol. The highest BCUT2D eigenvalue weighted by atomic mass is 35.5. The SMILES string of the molecule is CN(Cc1ccc(Cl)nc1)c1c(C#N)cccc1C#N. The highest BCUT2D eigenvalue weighted by Crippen LogP contribution is 2.25. The summed E-state index contributed by atoms with van der Waals surface area (Å²) in [6.07, 6.45) is 1.68. The number of para-hydroxylation sites is 1. The highest BCUT2D eigenvalue weighted by molar-refractivity contribution is 6.29. The van der Waals surface area contributed by atoms with Crippen LogP contribution in [0.4, 0.5) is 5.69 Å². The maximum atomic E-state index is 9.17. The van der Waals surface area contributed by atoms with E-state index in [0.717, 1.165) is 5.56 Å². The molecule has 0 atom stereocenters. The lowest BCUT2D eigenvalue weighted by Crippen LogP contribution is -2.19. The van der Waals surface area contributed by atoms with Gasteiger partial charge in [-0.05, 0) is 23.8 Å². The summed E-state index contributed by atoms with van der Waals surface area (Å²) in [5.41, 5.74) is 2.54. The van der Waals surface area contributed by atoms with Crippen LogP contribution >= 0.6 is 11.6 Å². The number of rotatable bonds is 3. The first-order valence-electron chi connectivity index (χ1n) is 5.90. The van der Waals surface area contributed by atoms with Gasteiger partial charge in [0.2, 0.25) is 0 Å². The van der Waals surface area contributed by atoms with Crippen molar-refractivity contribution in [3.8, 4) is 12.1 Å². The number of aromatic nitrogens is 1. The van der Waals surface area contributed by atoms with Gasteiger partial charge in [-0.1, -0.05) is 23.7 Å². The second kappa shape index (κ2) is 6.06. The second-order valence-corrected chi connectivity index (χ2v) is 4.66. The van der Waals surface area contributed by atoms with Crippen LogP contribution in [0.2, 0.25) is 5.15 Å². The summed E-state index contributed by atoms with van der Waals surface area (Å²) in [5, 5.41) is 18.8. The lowest BCUT2D eigenvalue weighted by molar-refractivity contribution is 0.911. The Labute approximate surface area is 122 Å². The molecule has 20 heavy (non-hydrogen) atoms. The third kappa shape index (κ3) is 2.88. The average molecular weight is 283 g/mol. The molecule has 0 bridgehead atoms. The zero-order valence-electron chi connectivity index (χ0n) is 10.8. The predicted octanol–water partition coefficient (Wildman–Crippen LogP) is 3.11. The Hall–Kier alpha value is -2.56. The lowest BCUT2D eigenvalue weighted by Gasteiger charge is -2.21. The average Bonchev–Trinajstić information content (AvgIpc) is 2.48. The van der Waals surface area contributed by atoms with Crippen molar-refractivity contribution < 1.29 is 0 Å². The summed E-state index contributed by atoms with van der Waals surface area (Å²) in [5.74, 6) is 0. The first-order chi connectivity index (χ1) is 9.65. The number of nitriles is 2. The molecule has 2 rings (SSSR count). The van der Waals surface area contributed by atoms with Crippen molar-refractivity contribution in [2.45, 2.75) is 6.54 Å². The topological polar surface area (TPSA) is 63.7 Å². The molecule has 0 aliphatic rings. The van der Waals surface area contributed by atoms with Gasteiger partial charge in [-0.2, -0.15) is 10.5 Å². The fourth-order valence-electron chi connectivity index (χ4n) is 1.99. The standard InChI is InChI=1S/C15H11ClN4/c1-20(10-11-5-6-14(16)19-9-11)15-12(7-17)3-2-4-13(15)8-18/h2-6,9H,10H2,1H3. The van der Waals surface area contributed by atoms with Crippen molar-refractivity contribution in [1.82, 2.24) is 4.98 Å². The quantitative estimate of drug-likeness (QED) is 0.812. The van der Waals surface area contributed by atoms with Gasteiger partial charge in [0.05, 0.1) is 16.8 Å². The summed E-state index contributed by atoms with van der Waals surface area (Å²) in [6.45, 7) is 0.539. The van der Waals surface area contributed by atoms with Gasteiger partial charge < -0.3 is 4.90 Å².